The van der Waals surface area contributed by atoms with Gasteiger partial charge in [-0.15, -0.1) is 5.10 Å². The van der Waals surface area contributed by atoms with Crippen molar-refractivity contribution in [1.82, 2.24) is 25.1 Å². The summed E-state index contributed by atoms with van der Waals surface area (Å²) in [5, 5.41) is 10.9. The normalized spacial score (nSPS) is 10.4. The lowest BCUT2D eigenvalue weighted by molar-refractivity contribution is 0.0775. The monoisotopic (exact) mass is 249 g/mol. The first-order valence-corrected chi connectivity index (χ1v) is 5.31. The minimum atomic E-state index is -0.537. The summed E-state index contributed by atoms with van der Waals surface area (Å²) in [6.45, 7) is 0.219. The molecule has 0 radical (unpaired) electrons. The number of carbonyl (C=O) groups excluding carboxylic acids is 1. The highest BCUT2D eigenvalue weighted by molar-refractivity contribution is 5.94. The van der Waals surface area contributed by atoms with E-state index in [1.165, 1.54) is 21.7 Å². The van der Waals surface area contributed by atoms with E-state index in [-0.39, 0.29) is 12.1 Å². The SMILES string of the molecule is CN(Cc1nnnn1C)C(=O)c1ccccc1F. The summed E-state index contributed by atoms with van der Waals surface area (Å²) in [6, 6.07) is 5.86. The highest BCUT2D eigenvalue weighted by atomic mass is 19.1. The van der Waals surface area contributed by atoms with Gasteiger partial charge in [-0.1, -0.05) is 12.1 Å². The van der Waals surface area contributed by atoms with Crippen molar-refractivity contribution in [3.63, 3.8) is 0 Å². The van der Waals surface area contributed by atoms with Gasteiger partial charge in [0.15, 0.2) is 5.82 Å². The van der Waals surface area contributed by atoms with Gasteiger partial charge < -0.3 is 4.90 Å². The molecule has 0 spiro atoms. The van der Waals surface area contributed by atoms with E-state index < -0.39 is 11.7 Å². The molecule has 0 bridgehead atoms. The molecular weight excluding hydrogens is 237 g/mol. The zero-order valence-corrected chi connectivity index (χ0v) is 10.0. The van der Waals surface area contributed by atoms with E-state index in [2.05, 4.69) is 15.5 Å². The van der Waals surface area contributed by atoms with Crippen LogP contribution in [0.1, 0.15) is 16.2 Å². The molecule has 1 amide bonds. The van der Waals surface area contributed by atoms with E-state index in [0.29, 0.717) is 5.82 Å². The maximum atomic E-state index is 13.5. The zero-order valence-electron chi connectivity index (χ0n) is 10.0. The van der Waals surface area contributed by atoms with Gasteiger partial charge in [0.05, 0.1) is 12.1 Å². The van der Waals surface area contributed by atoms with Gasteiger partial charge in [-0.3, -0.25) is 4.79 Å². The molecule has 0 saturated carbocycles. The average Bonchev–Trinajstić information content (AvgIpc) is 2.75. The van der Waals surface area contributed by atoms with Crippen molar-refractivity contribution in [3.8, 4) is 0 Å². The molecule has 94 valence electrons. The summed E-state index contributed by atoms with van der Waals surface area (Å²) in [5.74, 6) is -0.413. The molecule has 6 nitrogen and oxygen atoms in total. The first kappa shape index (κ1) is 12.2. The molecule has 0 aliphatic heterocycles. The molecule has 1 aromatic heterocycles. The lowest BCUT2D eigenvalue weighted by Crippen LogP contribution is -2.28. The average molecular weight is 249 g/mol. The van der Waals surface area contributed by atoms with Crippen LogP contribution in [-0.4, -0.2) is 38.1 Å². The number of tetrazole rings is 1. The third-order valence-corrected chi connectivity index (χ3v) is 2.54. The van der Waals surface area contributed by atoms with Crippen molar-refractivity contribution in [2.75, 3.05) is 7.05 Å². The van der Waals surface area contributed by atoms with Gasteiger partial charge in [-0.2, -0.15) is 0 Å². The summed E-state index contributed by atoms with van der Waals surface area (Å²) < 4.78 is 14.9. The number of aromatic nitrogens is 4. The van der Waals surface area contributed by atoms with E-state index in [0.717, 1.165) is 0 Å². The molecule has 1 aromatic carbocycles. The fourth-order valence-corrected chi connectivity index (χ4v) is 1.51. The van der Waals surface area contributed by atoms with Gasteiger partial charge in [-0.25, -0.2) is 9.07 Å². The number of carbonyl (C=O) groups is 1. The Hall–Kier alpha value is -2.31. The molecular formula is C11H12FN5O. The second-order valence-electron chi connectivity index (χ2n) is 3.86. The topological polar surface area (TPSA) is 63.9 Å². The van der Waals surface area contributed by atoms with E-state index in [4.69, 9.17) is 0 Å². The van der Waals surface area contributed by atoms with Crippen LogP contribution in [0.5, 0.6) is 0 Å². The lowest BCUT2D eigenvalue weighted by atomic mass is 10.2. The van der Waals surface area contributed by atoms with Crippen molar-refractivity contribution in [1.29, 1.82) is 0 Å². The molecule has 0 aliphatic rings. The van der Waals surface area contributed by atoms with Crippen LogP contribution in [0.15, 0.2) is 24.3 Å². The van der Waals surface area contributed by atoms with Crippen LogP contribution < -0.4 is 0 Å². The third-order valence-electron chi connectivity index (χ3n) is 2.54. The molecule has 0 aliphatic carbocycles. The quantitative estimate of drug-likeness (QED) is 0.800. The molecule has 0 unspecified atom stereocenters. The summed E-state index contributed by atoms with van der Waals surface area (Å²) in [7, 11) is 3.25. The molecule has 0 atom stereocenters. The van der Waals surface area contributed by atoms with Crippen molar-refractivity contribution < 1.29 is 9.18 Å². The zero-order chi connectivity index (χ0) is 13.1. The Kier molecular flexibility index (Phi) is 3.31. The Morgan fingerprint density at radius 2 is 2.17 bits per heavy atom. The number of hydrogen-bond acceptors (Lipinski definition) is 4. The van der Waals surface area contributed by atoms with Gasteiger partial charge in [0.2, 0.25) is 0 Å². The van der Waals surface area contributed by atoms with Crippen LogP contribution in [0.25, 0.3) is 0 Å². The van der Waals surface area contributed by atoms with Gasteiger partial charge in [0, 0.05) is 14.1 Å². The second kappa shape index (κ2) is 4.91. The molecule has 2 aromatic rings. The Labute approximate surface area is 103 Å². The van der Waals surface area contributed by atoms with E-state index >= 15 is 0 Å². The highest BCUT2D eigenvalue weighted by Crippen LogP contribution is 2.10. The first-order chi connectivity index (χ1) is 8.59. The van der Waals surface area contributed by atoms with Crippen LogP contribution >= 0.6 is 0 Å². The lowest BCUT2D eigenvalue weighted by Gasteiger charge is -2.16. The number of hydrogen-bond donors (Lipinski definition) is 0. The fraction of sp³-hybridized carbons (Fsp3) is 0.273. The second-order valence-corrected chi connectivity index (χ2v) is 3.86. The van der Waals surface area contributed by atoms with Crippen molar-refractivity contribution in [2.45, 2.75) is 6.54 Å². The third kappa shape index (κ3) is 2.34. The summed E-state index contributed by atoms with van der Waals surface area (Å²) >= 11 is 0. The maximum absolute atomic E-state index is 13.5. The maximum Gasteiger partial charge on any atom is 0.256 e. The van der Waals surface area contributed by atoms with Gasteiger partial charge in [-0.05, 0) is 22.6 Å². The standard InChI is InChI=1S/C11H12FN5O/c1-16(7-10-13-14-15-17(10)2)11(18)8-5-3-4-6-9(8)12/h3-6H,7H2,1-2H3. The van der Waals surface area contributed by atoms with Gasteiger partial charge >= 0.3 is 0 Å². The summed E-state index contributed by atoms with van der Waals surface area (Å²) in [5.41, 5.74) is 0.0372. The van der Waals surface area contributed by atoms with Crippen LogP contribution in [0.3, 0.4) is 0 Å². The van der Waals surface area contributed by atoms with Crippen molar-refractivity contribution in [2.24, 2.45) is 7.05 Å². The number of nitrogens with zero attached hydrogens (tertiary/aromatic N) is 5. The van der Waals surface area contributed by atoms with E-state index in [9.17, 15) is 9.18 Å². The predicted octanol–water partition coefficient (Wildman–Crippen LogP) is 0.621. The molecule has 7 heteroatoms. The number of amides is 1. The molecule has 0 N–H and O–H groups in total. The van der Waals surface area contributed by atoms with E-state index in [1.54, 1.807) is 26.2 Å². The first-order valence-electron chi connectivity index (χ1n) is 5.31. The summed E-state index contributed by atoms with van der Waals surface area (Å²) in [6.07, 6.45) is 0. The smallest absolute Gasteiger partial charge is 0.256 e. The minimum absolute atomic E-state index is 0.0372. The Balaban J connectivity index is 2.15. The number of benzene rings is 1. The Bertz CT molecular complexity index is 568. The molecule has 0 fully saturated rings. The van der Waals surface area contributed by atoms with Crippen LogP contribution in [-0.2, 0) is 13.6 Å². The Morgan fingerprint density at radius 3 is 2.78 bits per heavy atom. The molecule has 0 saturated heterocycles. The van der Waals surface area contributed by atoms with Gasteiger partial charge in [0.1, 0.15) is 5.82 Å². The number of aryl methyl sites for hydroxylation is 1. The number of rotatable bonds is 3. The van der Waals surface area contributed by atoms with Crippen LogP contribution in [0.2, 0.25) is 0 Å². The molecule has 2 rings (SSSR count). The van der Waals surface area contributed by atoms with Crippen molar-refractivity contribution in [3.05, 3.63) is 41.5 Å². The highest BCUT2D eigenvalue weighted by Gasteiger charge is 2.17. The predicted molar refractivity (Wildman–Crippen MR) is 61.0 cm³/mol. The van der Waals surface area contributed by atoms with Crippen LogP contribution in [0.4, 0.5) is 4.39 Å². The van der Waals surface area contributed by atoms with Crippen LogP contribution in [0, 0.1) is 5.82 Å². The van der Waals surface area contributed by atoms with Crippen molar-refractivity contribution >= 4 is 5.91 Å². The summed E-state index contributed by atoms with van der Waals surface area (Å²) in [4.78, 5) is 13.4. The molecule has 1 heterocycles. The van der Waals surface area contributed by atoms with E-state index in [1.807, 2.05) is 0 Å². The fourth-order valence-electron chi connectivity index (χ4n) is 1.51. The number of halogens is 1. The molecule has 18 heavy (non-hydrogen) atoms. The van der Waals surface area contributed by atoms with Gasteiger partial charge in [0.25, 0.3) is 5.91 Å². The largest absolute Gasteiger partial charge is 0.334 e. The minimum Gasteiger partial charge on any atom is -0.334 e. The Morgan fingerprint density at radius 1 is 1.44 bits per heavy atom.